The standard InChI is InChI=1S/C14H19NS/c1-10(2)12-5-7-13(8-6-12)16-14(9-15)11(3)4/h5-8,10-11,14H,1-4H3. The van der Waals surface area contributed by atoms with Gasteiger partial charge in [0.25, 0.3) is 0 Å². The number of nitriles is 1. The van der Waals surface area contributed by atoms with Crippen LogP contribution in [0.4, 0.5) is 0 Å². The van der Waals surface area contributed by atoms with Gasteiger partial charge in [-0.3, -0.25) is 0 Å². The molecule has 0 radical (unpaired) electrons. The van der Waals surface area contributed by atoms with E-state index in [0.717, 1.165) is 0 Å². The average Bonchev–Trinajstić information content (AvgIpc) is 2.26. The van der Waals surface area contributed by atoms with E-state index in [1.807, 2.05) is 0 Å². The fourth-order valence-electron chi connectivity index (χ4n) is 1.39. The van der Waals surface area contributed by atoms with Gasteiger partial charge in [-0.15, -0.1) is 11.8 Å². The van der Waals surface area contributed by atoms with E-state index in [0.29, 0.717) is 11.8 Å². The van der Waals surface area contributed by atoms with Crippen LogP contribution in [0.1, 0.15) is 39.2 Å². The second kappa shape index (κ2) is 5.96. The lowest BCUT2D eigenvalue weighted by Gasteiger charge is -2.13. The molecule has 0 saturated carbocycles. The third-order valence-electron chi connectivity index (χ3n) is 2.54. The molecule has 0 bridgehead atoms. The van der Waals surface area contributed by atoms with Gasteiger partial charge in [-0.05, 0) is 29.5 Å². The van der Waals surface area contributed by atoms with Crippen LogP contribution in [0.2, 0.25) is 0 Å². The van der Waals surface area contributed by atoms with Gasteiger partial charge in [-0.2, -0.15) is 5.26 Å². The predicted octanol–water partition coefficient (Wildman–Crippen LogP) is 4.45. The minimum absolute atomic E-state index is 0.0462. The molecule has 1 atom stereocenters. The van der Waals surface area contributed by atoms with E-state index in [2.05, 4.69) is 58.0 Å². The smallest absolute Gasteiger partial charge is 0.0986 e. The zero-order valence-corrected chi connectivity index (χ0v) is 11.2. The van der Waals surface area contributed by atoms with E-state index < -0.39 is 0 Å². The molecule has 1 unspecified atom stereocenters. The first-order valence-corrected chi connectivity index (χ1v) is 6.58. The van der Waals surface area contributed by atoms with E-state index in [1.165, 1.54) is 10.5 Å². The Morgan fingerprint density at radius 1 is 1.06 bits per heavy atom. The molecule has 86 valence electrons. The number of thioether (sulfide) groups is 1. The quantitative estimate of drug-likeness (QED) is 0.717. The summed E-state index contributed by atoms with van der Waals surface area (Å²) in [5.41, 5.74) is 1.35. The Bertz CT molecular complexity index is 359. The Labute approximate surface area is 103 Å². The molecule has 2 heteroatoms. The maximum absolute atomic E-state index is 9.03. The van der Waals surface area contributed by atoms with Gasteiger partial charge in [-0.1, -0.05) is 39.8 Å². The van der Waals surface area contributed by atoms with E-state index in [9.17, 15) is 0 Å². The van der Waals surface area contributed by atoms with Crippen molar-refractivity contribution in [2.24, 2.45) is 5.92 Å². The lowest BCUT2D eigenvalue weighted by atomic mass is 10.0. The van der Waals surface area contributed by atoms with Gasteiger partial charge < -0.3 is 0 Å². The molecule has 0 aliphatic rings. The van der Waals surface area contributed by atoms with Crippen LogP contribution in [-0.4, -0.2) is 5.25 Å². The van der Waals surface area contributed by atoms with Crippen LogP contribution in [0, 0.1) is 17.2 Å². The normalized spacial score (nSPS) is 12.8. The van der Waals surface area contributed by atoms with Crippen molar-refractivity contribution in [1.82, 2.24) is 0 Å². The summed E-state index contributed by atoms with van der Waals surface area (Å²) in [5, 5.41) is 9.08. The fourth-order valence-corrected chi connectivity index (χ4v) is 2.30. The van der Waals surface area contributed by atoms with Crippen LogP contribution in [0.3, 0.4) is 0 Å². The molecular formula is C14H19NS. The Hall–Kier alpha value is -0.940. The number of hydrogen-bond acceptors (Lipinski definition) is 2. The molecule has 0 N–H and O–H groups in total. The zero-order chi connectivity index (χ0) is 12.1. The first kappa shape index (κ1) is 13.1. The molecule has 0 fully saturated rings. The van der Waals surface area contributed by atoms with Crippen molar-refractivity contribution in [3.05, 3.63) is 29.8 Å². The molecule has 16 heavy (non-hydrogen) atoms. The molecule has 0 saturated heterocycles. The number of hydrogen-bond donors (Lipinski definition) is 0. The van der Waals surface area contributed by atoms with E-state index >= 15 is 0 Å². The van der Waals surface area contributed by atoms with Crippen molar-refractivity contribution in [3.63, 3.8) is 0 Å². The summed E-state index contributed by atoms with van der Waals surface area (Å²) in [6.45, 7) is 8.55. The summed E-state index contributed by atoms with van der Waals surface area (Å²) in [6.07, 6.45) is 0. The van der Waals surface area contributed by atoms with Crippen LogP contribution in [0.15, 0.2) is 29.2 Å². The summed E-state index contributed by atoms with van der Waals surface area (Å²) in [4.78, 5) is 1.18. The molecule has 0 aliphatic carbocycles. The maximum Gasteiger partial charge on any atom is 0.0986 e. The zero-order valence-electron chi connectivity index (χ0n) is 10.4. The summed E-state index contributed by atoms with van der Waals surface area (Å²) in [5.74, 6) is 0.954. The van der Waals surface area contributed by atoms with Crippen LogP contribution in [0.5, 0.6) is 0 Å². The van der Waals surface area contributed by atoms with Crippen molar-refractivity contribution in [2.45, 2.75) is 43.8 Å². The van der Waals surface area contributed by atoms with Crippen LogP contribution < -0.4 is 0 Å². The van der Waals surface area contributed by atoms with Gasteiger partial charge in [-0.25, -0.2) is 0 Å². The summed E-state index contributed by atoms with van der Waals surface area (Å²) in [7, 11) is 0. The Balaban J connectivity index is 2.72. The maximum atomic E-state index is 9.03. The first-order valence-electron chi connectivity index (χ1n) is 5.70. The van der Waals surface area contributed by atoms with Crippen LogP contribution in [0.25, 0.3) is 0 Å². The lowest BCUT2D eigenvalue weighted by molar-refractivity contribution is 0.685. The number of nitrogens with zero attached hydrogens (tertiary/aromatic N) is 1. The van der Waals surface area contributed by atoms with Gasteiger partial charge >= 0.3 is 0 Å². The highest BCUT2D eigenvalue weighted by atomic mass is 32.2. The average molecular weight is 233 g/mol. The molecule has 0 spiro atoms. The van der Waals surface area contributed by atoms with Gasteiger partial charge in [0.15, 0.2) is 0 Å². The summed E-state index contributed by atoms with van der Waals surface area (Å²) >= 11 is 1.66. The van der Waals surface area contributed by atoms with Crippen LogP contribution >= 0.6 is 11.8 Å². The highest BCUT2D eigenvalue weighted by Gasteiger charge is 2.13. The number of rotatable bonds is 4. The minimum atomic E-state index is 0.0462. The fraction of sp³-hybridized carbons (Fsp3) is 0.500. The van der Waals surface area contributed by atoms with Gasteiger partial charge in [0.05, 0.1) is 11.3 Å². The van der Waals surface area contributed by atoms with Crippen molar-refractivity contribution in [2.75, 3.05) is 0 Å². The monoisotopic (exact) mass is 233 g/mol. The van der Waals surface area contributed by atoms with E-state index in [-0.39, 0.29) is 5.25 Å². The molecular weight excluding hydrogens is 214 g/mol. The van der Waals surface area contributed by atoms with Gasteiger partial charge in [0, 0.05) is 4.90 Å². The van der Waals surface area contributed by atoms with Crippen molar-refractivity contribution < 1.29 is 0 Å². The van der Waals surface area contributed by atoms with Crippen molar-refractivity contribution >= 4 is 11.8 Å². The van der Waals surface area contributed by atoms with Crippen molar-refractivity contribution in [3.8, 4) is 6.07 Å². The van der Waals surface area contributed by atoms with E-state index in [4.69, 9.17) is 5.26 Å². The highest BCUT2D eigenvalue weighted by Crippen LogP contribution is 2.28. The molecule has 1 aromatic carbocycles. The Kier molecular flexibility index (Phi) is 4.89. The second-order valence-corrected chi connectivity index (χ2v) is 5.85. The molecule has 0 amide bonds. The van der Waals surface area contributed by atoms with Crippen LogP contribution in [-0.2, 0) is 0 Å². The Morgan fingerprint density at radius 3 is 2.00 bits per heavy atom. The number of benzene rings is 1. The highest BCUT2D eigenvalue weighted by molar-refractivity contribution is 8.00. The molecule has 0 aliphatic heterocycles. The second-order valence-electron chi connectivity index (χ2n) is 4.64. The molecule has 1 aromatic rings. The Morgan fingerprint density at radius 2 is 1.62 bits per heavy atom. The third kappa shape index (κ3) is 3.57. The topological polar surface area (TPSA) is 23.8 Å². The van der Waals surface area contributed by atoms with Crippen molar-refractivity contribution in [1.29, 1.82) is 5.26 Å². The largest absolute Gasteiger partial charge is 0.197 e. The van der Waals surface area contributed by atoms with Gasteiger partial charge in [0.1, 0.15) is 0 Å². The van der Waals surface area contributed by atoms with E-state index in [1.54, 1.807) is 11.8 Å². The molecule has 1 nitrogen and oxygen atoms in total. The summed E-state index contributed by atoms with van der Waals surface area (Å²) < 4.78 is 0. The first-order chi connectivity index (χ1) is 7.54. The lowest BCUT2D eigenvalue weighted by Crippen LogP contribution is -2.07. The SMILES string of the molecule is CC(C)c1ccc(SC(C#N)C(C)C)cc1. The molecule has 1 rings (SSSR count). The third-order valence-corrected chi connectivity index (χ3v) is 3.99. The molecule has 0 heterocycles. The predicted molar refractivity (Wildman–Crippen MR) is 70.6 cm³/mol. The minimum Gasteiger partial charge on any atom is -0.197 e. The molecule has 0 aromatic heterocycles. The summed E-state index contributed by atoms with van der Waals surface area (Å²) in [6, 6.07) is 10.9. The van der Waals surface area contributed by atoms with Gasteiger partial charge in [0.2, 0.25) is 0 Å².